The molecule has 1 aliphatic carbocycles. The van der Waals surface area contributed by atoms with Crippen LogP contribution in [0.3, 0.4) is 0 Å². The molecule has 0 amide bonds. The molecular weight excluding hydrogens is 218 g/mol. The molecule has 5 heteroatoms. The SMILES string of the molecule is NC1CCC(c2nc(C3CCOCC3)no2)C1. The van der Waals surface area contributed by atoms with E-state index < -0.39 is 0 Å². The number of rotatable bonds is 2. The normalized spacial score (nSPS) is 30.9. The molecule has 94 valence electrons. The van der Waals surface area contributed by atoms with Gasteiger partial charge in [0.15, 0.2) is 5.82 Å². The topological polar surface area (TPSA) is 74.2 Å². The average Bonchev–Trinajstić information content (AvgIpc) is 2.98. The van der Waals surface area contributed by atoms with E-state index in [1.165, 1.54) is 0 Å². The zero-order valence-electron chi connectivity index (χ0n) is 9.97. The van der Waals surface area contributed by atoms with Crippen LogP contribution in [0, 0.1) is 0 Å². The Morgan fingerprint density at radius 3 is 2.59 bits per heavy atom. The van der Waals surface area contributed by atoms with Gasteiger partial charge in [0.05, 0.1) is 0 Å². The van der Waals surface area contributed by atoms with Crippen LogP contribution in [0.15, 0.2) is 4.52 Å². The minimum atomic E-state index is 0.304. The maximum Gasteiger partial charge on any atom is 0.229 e. The molecule has 0 aromatic carbocycles. The van der Waals surface area contributed by atoms with Crippen LogP contribution in [0.25, 0.3) is 0 Å². The molecule has 0 spiro atoms. The van der Waals surface area contributed by atoms with E-state index >= 15 is 0 Å². The fraction of sp³-hybridized carbons (Fsp3) is 0.833. The molecule has 1 saturated carbocycles. The summed E-state index contributed by atoms with van der Waals surface area (Å²) in [5, 5.41) is 4.13. The Labute approximate surface area is 101 Å². The minimum Gasteiger partial charge on any atom is -0.381 e. The highest BCUT2D eigenvalue weighted by molar-refractivity contribution is 5.02. The molecule has 1 aromatic heterocycles. The summed E-state index contributed by atoms with van der Waals surface area (Å²) in [7, 11) is 0. The predicted octanol–water partition coefficient (Wildman–Crippen LogP) is 1.56. The van der Waals surface area contributed by atoms with Crippen LogP contribution in [0.2, 0.25) is 0 Å². The Kier molecular flexibility index (Phi) is 3.11. The maximum absolute atomic E-state index is 5.91. The zero-order valence-corrected chi connectivity index (χ0v) is 9.97. The lowest BCUT2D eigenvalue weighted by Gasteiger charge is -2.18. The molecule has 2 aliphatic rings. The first-order valence-corrected chi connectivity index (χ1v) is 6.50. The van der Waals surface area contributed by atoms with Crippen LogP contribution in [0.4, 0.5) is 0 Å². The van der Waals surface area contributed by atoms with Gasteiger partial charge in [0.1, 0.15) is 0 Å². The molecule has 5 nitrogen and oxygen atoms in total. The molecule has 0 radical (unpaired) electrons. The van der Waals surface area contributed by atoms with Gasteiger partial charge in [0, 0.05) is 31.1 Å². The van der Waals surface area contributed by atoms with Crippen molar-refractivity contribution in [3.05, 3.63) is 11.7 Å². The number of hydrogen-bond donors (Lipinski definition) is 1. The van der Waals surface area contributed by atoms with Crippen LogP contribution in [0.5, 0.6) is 0 Å². The third-order valence-corrected chi connectivity index (χ3v) is 3.87. The number of aromatic nitrogens is 2. The first-order valence-electron chi connectivity index (χ1n) is 6.50. The lowest BCUT2D eigenvalue weighted by Crippen LogP contribution is -2.15. The maximum atomic E-state index is 5.91. The van der Waals surface area contributed by atoms with Crippen molar-refractivity contribution in [1.82, 2.24) is 10.1 Å². The van der Waals surface area contributed by atoms with Gasteiger partial charge in [-0.25, -0.2) is 0 Å². The molecule has 2 atom stereocenters. The third-order valence-electron chi connectivity index (χ3n) is 3.87. The minimum absolute atomic E-state index is 0.304. The van der Waals surface area contributed by atoms with Crippen molar-refractivity contribution in [2.24, 2.45) is 5.73 Å². The highest BCUT2D eigenvalue weighted by Crippen LogP contribution is 2.34. The summed E-state index contributed by atoms with van der Waals surface area (Å²) in [5.74, 6) is 2.45. The van der Waals surface area contributed by atoms with Gasteiger partial charge in [-0.1, -0.05) is 5.16 Å². The summed E-state index contributed by atoms with van der Waals surface area (Å²) in [6, 6.07) is 0.304. The lowest BCUT2D eigenvalue weighted by molar-refractivity contribution is 0.0830. The molecule has 0 bridgehead atoms. The van der Waals surface area contributed by atoms with Crippen molar-refractivity contribution < 1.29 is 9.26 Å². The average molecular weight is 237 g/mol. The summed E-state index contributed by atoms with van der Waals surface area (Å²) in [6.07, 6.45) is 5.14. The van der Waals surface area contributed by atoms with Crippen LogP contribution < -0.4 is 5.73 Å². The smallest absolute Gasteiger partial charge is 0.229 e. The zero-order chi connectivity index (χ0) is 11.7. The standard InChI is InChI=1S/C12H19N3O2/c13-10-2-1-9(7-10)12-14-11(15-17-12)8-3-5-16-6-4-8/h8-10H,1-7,13H2. The highest BCUT2D eigenvalue weighted by atomic mass is 16.5. The van der Waals surface area contributed by atoms with E-state index in [1.807, 2.05) is 0 Å². The van der Waals surface area contributed by atoms with Gasteiger partial charge in [0.25, 0.3) is 0 Å². The van der Waals surface area contributed by atoms with Crippen molar-refractivity contribution in [3.63, 3.8) is 0 Å². The summed E-state index contributed by atoms with van der Waals surface area (Å²) in [5.41, 5.74) is 5.91. The molecule has 2 fully saturated rings. The second-order valence-electron chi connectivity index (χ2n) is 5.15. The molecule has 17 heavy (non-hydrogen) atoms. The molecule has 1 aliphatic heterocycles. The van der Waals surface area contributed by atoms with E-state index in [0.717, 1.165) is 57.0 Å². The summed E-state index contributed by atoms with van der Waals surface area (Å²) < 4.78 is 10.7. The van der Waals surface area contributed by atoms with Gasteiger partial charge in [-0.05, 0) is 32.1 Å². The predicted molar refractivity (Wildman–Crippen MR) is 61.7 cm³/mol. The monoisotopic (exact) mass is 237 g/mol. The van der Waals surface area contributed by atoms with Gasteiger partial charge in [-0.15, -0.1) is 0 Å². The number of hydrogen-bond acceptors (Lipinski definition) is 5. The van der Waals surface area contributed by atoms with Gasteiger partial charge < -0.3 is 15.0 Å². The van der Waals surface area contributed by atoms with E-state index in [0.29, 0.717) is 17.9 Å². The molecule has 2 heterocycles. The molecule has 1 aromatic rings. The second-order valence-corrected chi connectivity index (χ2v) is 5.15. The van der Waals surface area contributed by atoms with Crippen molar-refractivity contribution in [3.8, 4) is 0 Å². The van der Waals surface area contributed by atoms with Crippen molar-refractivity contribution in [2.75, 3.05) is 13.2 Å². The Hall–Kier alpha value is -0.940. The second kappa shape index (κ2) is 4.74. The molecule has 3 rings (SSSR count). The number of ether oxygens (including phenoxy) is 1. The van der Waals surface area contributed by atoms with Crippen LogP contribution in [-0.4, -0.2) is 29.4 Å². The van der Waals surface area contributed by atoms with E-state index in [9.17, 15) is 0 Å². The first kappa shape index (κ1) is 11.2. The number of nitrogens with two attached hydrogens (primary N) is 1. The van der Waals surface area contributed by atoms with Crippen molar-refractivity contribution >= 4 is 0 Å². The highest BCUT2D eigenvalue weighted by Gasteiger charge is 2.29. The summed E-state index contributed by atoms with van der Waals surface area (Å²) in [4.78, 5) is 4.56. The first-order chi connectivity index (χ1) is 8.33. The van der Waals surface area contributed by atoms with E-state index in [-0.39, 0.29) is 0 Å². The van der Waals surface area contributed by atoms with Crippen molar-refractivity contribution in [1.29, 1.82) is 0 Å². The van der Waals surface area contributed by atoms with Crippen LogP contribution >= 0.6 is 0 Å². The Morgan fingerprint density at radius 2 is 1.88 bits per heavy atom. The fourth-order valence-electron chi connectivity index (χ4n) is 2.78. The van der Waals surface area contributed by atoms with E-state index in [1.54, 1.807) is 0 Å². The fourth-order valence-corrected chi connectivity index (χ4v) is 2.78. The molecule has 1 saturated heterocycles. The van der Waals surface area contributed by atoms with Crippen LogP contribution in [0.1, 0.15) is 55.7 Å². The number of nitrogens with zero attached hydrogens (tertiary/aromatic N) is 2. The quantitative estimate of drug-likeness (QED) is 0.844. The largest absolute Gasteiger partial charge is 0.381 e. The van der Waals surface area contributed by atoms with Gasteiger partial charge in [-0.2, -0.15) is 4.98 Å². The van der Waals surface area contributed by atoms with Gasteiger partial charge >= 0.3 is 0 Å². The molecule has 2 N–H and O–H groups in total. The van der Waals surface area contributed by atoms with Gasteiger partial charge in [-0.3, -0.25) is 0 Å². The third kappa shape index (κ3) is 2.35. The van der Waals surface area contributed by atoms with Crippen LogP contribution in [-0.2, 0) is 4.74 Å². The van der Waals surface area contributed by atoms with E-state index in [2.05, 4.69) is 10.1 Å². The Balaban J connectivity index is 1.69. The van der Waals surface area contributed by atoms with Gasteiger partial charge in [0.2, 0.25) is 5.89 Å². The Morgan fingerprint density at radius 1 is 1.06 bits per heavy atom. The molecular formula is C12H19N3O2. The lowest BCUT2D eigenvalue weighted by atomic mass is 10.00. The molecule has 2 unspecified atom stereocenters. The summed E-state index contributed by atoms with van der Waals surface area (Å²) in [6.45, 7) is 1.62. The van der Waals surface area contributed by atoms with Crippen molar-refractivity contribution in [2.45, 2.75) is 50.0 Å². The van der Waals surface area contributed by atoms with E-state index in [4.69, 9.17) is 15.0 Å². The summed E-state index contributed by atoms with van der Waals surface area (Å²) >= 11 is 0. The Bertz CT molecular complexity index is 354.